The third-order valence-electron chi connectivity index (χ3n) is 3.93. The maximum atomic E-state index is 9.05. The molecular weight excluding hydrogens is 174 g/mol. The molecule has 14 heavy (non-hydrogen) atoms. The van der Waals surface area contributed by atoms with Gasteiger partial charge in [-0.3, -0.25) is 4.90 Å². The van der Waals surface area contributed by atoms with Crippen molar-refractivity contribution in [3.8, 4) is 0 Å². The summed E-state index contributed by atoms with van der Waals surface area (Å²) in [4.78, 5) is 2.70. The van der Waals surface area contributed by atoms with E-state index >= 15 is 0 Å². The number of piperidine rings is 1. The Labute approximate surface area is 87.3 Å². The summed E-state index contributed by atoms with van der Waals surface area (Å²) in [7, 11) is 0. The minimum absolute atomic E-state index is 0.369. The molecule has 0 amide bonds. The third-order valence-corrected chi connectivity index (χ3v) is 3.93. The first-order valence-electron chi connectivity index (χ1n) is 6.28. The van der Waals surface area contributed by atoms with E-state index in [2.05, 4.69) is 4.90 Å². The second-order valence-corrected chi connectivity index (χ2v) is 4.84. The first-order chi connectivity index (χ1) is 6.92. The number of nitrogens with zero attached hydrogens (tertiary/aromatic N) is 1. The van der Waals surface area contributed by atoms with Crippen LogP contribution in [0.2, 0.25) is 0 Å². The quantitative estimate of drug-likeness (QED) is 0.749. The minimum Gasteiger partial charge on any atom is -0.396 e. The highest BCUT2D eigenvalue weighted by atomic mass is 16.3. The smallest absolute Gasteiger partial charge is 0.0445 e. The minimum atomic E-state index is 0.369. The summed E-state index contributed by atoms with van der Waals surface area (Å²) >= 11 is 0. The van der Waals surface area contributed by atoms with Gasteiger partial charge in [-0.05, 0) is 38.6 Å². The van der Waals surface area contributed by atoms with E-state index in [1.54, 1.807) is 0 Å². The summed E-state index contributed by atoms with van der Waals surface area (Å²) in [5, 5.41) is 9.05. The van der Waals surface area contributed by atoms with Gasteiger partial charge in [-0.25, -0.2) is 0 Å². The van der Waals surface area contributed by atoms with Gasteiger partial charge in [-0.15, -0.1) is 0 Å². The molecule has 1 saturated carbocycles. The standard InChI is InChI=1S/C12H23NO/c14-10-8-12-7-3-4-9-13(12)11-5-1-2-6-11/h11-12,14H,1-10H2. The van der Waals surface area contributed by atoms with Crippen LogP contribution >= 0.6 is 0 Å². The predicted octanol–water partition coefficient (Wildman–Crippen LogP) is 2.17. The molecular formula is C12H23NO. The maximum Gasteiger partial charge on any atom is 0.0445 e. The summed E-state index contributed by atoms with van der Waals surface area (Å²) in [5.74, 6) is 0. The van der Waals surface area contributed by atoms with E-state index in [4.69, 9.17) is 5.11 Å². The van der Waals surface area contributed by atoms with Gasteiger partial charge >= 0.3 is 0 Å². The molecule has 0 aromatic carbocycles. The summed E-state index contributed by atoms with van der Waals surface area (Å²) in [6, 6.07) is 1.55. The van der Waals surface area contributed by atoms with E-state index in [0.717, 1.165) is 12.5 Å². The molecule has 0 aromatic rings. The van der Waals surface area contributed by atoms with Crippen molar-refractivity contribution in [2.75, 3.05) is 13.2 Å². The number of aliphatic hydroxyl groups is 1. The zero-order chi connectivity index (χ0) is 9.80. The van der Waals surface area contributed by atoms with Crippen molar-refractivity contribution in [1.82, 2.24) is 4.90 Å². The Morgan fingerprint density at radius 1 is 1.00 bits per heavy atom. The van der Waals surface area contributed by atoms with Crippen LogP contribution in [0.3, 0.4) is 0 Å². The van der Waals surface area contributed by atoms with E-state index in [1.165, 1.54) is 51.5 Å². The van der Waals surface area contributed by atoms with Crippen molar-refractivity contribution in [3.63, 3.8) is 0 Å². The fourth-order valence-electron chi connectivity index (χ4n) is 3.20. The van der Waals surface area contributed by atoms with Crippen molar-refractivity contribution in [3.05, 3.63) is 0 Å². The molecule has 1 aliphatic heterocycles. The van der Waals surface area contributed by atoms with E-state index in [0.29, 0.717) is 12.6 Å². The molecule has 1 heterocycles. The molecule has 1 saturated heterocycles. The van der Waals surface area contributed by atoms with Gasteiger partial charge < -0.3 is 5.11 Å². The van der Waals surface area contributed by atoms with Crippen LogP contribution in [0.4, 0.5) is 0 Å². The highest BCUT2D eigenvalue weighted by molar-refractivity contribution is 4.85. The summed E-state index contributed by atoms with van der Waals surface area (Å²) in [6.07, 6.45) is 10.7. The SMILES string of the molecule is OCCC1CCCCN1C1CCCC1. The maximum absolute atomic E-state index is 9.05. The van der Waals surface area contributed by atoms with Gasteiger partial charge in [0.05, 0.1) is 0 Å². The molecule has 0 radical (unpaired) electrons. The van der Waals surface area contributed by atoms with Crippen molar-refractivity contribution >= 4 is 0 Å². The zero-order valence-electron chi connectivity index (χ0n) is 9.12. The van der Waals surface area contributed by atoms with Crippen LogP contribution in [-0.2, 0) is 0 Å². The van der Waals surface area contributed by atoms with Crippen molar-refractivity contribution in [2.45, 2.75) is 63.5 Å². The Morgan fingerprint density at radius 2 is 1.71 bits per heavy atom. The lowest BCUT2D eigenvalue weighted by Crippen LogP contribution is -2.45. The molecule has 0 aromatic heterocycles. The van der Waals surface area contributed by atoms with Gasteiger partial charge in [-0.2, -0.15) is 0 Å². The van der Waals surface area contributed by atoms with E-state index in [-0.39, 0.29) is 0 Å². The Balaban J connectivity index is 1.91. The van der Waals surface area contributed by atoms with Crippen molar-refractivity contribution in [2.24, 2.45) is 0 Å². The highest BCUT2D eigenvalue weighted by Gasteiger charge is 2.29. The van der Waals surface area contributed by atoms with Crippen LogP contribution in [0.25, 0.3) is 0 Å². The van der Waals surface area contributed by atoms with Crippen LogP contribution in [0.15, 0.2) is 0 Å². The molecule has 1 unspecified atom stereocenters. The van der Waals surface area contributed by atoms with Crippen molar-refractivity contribution in [1.29, 1.82) is 0 Å². The number of rotatable bonds is 3. The topological polar surface area (TPSA) is 23.5 Å². The lowest BCUT2D eigenvalue weighted by Gasteiger charge is -2.39. The van der Waals surface area contributed by atoms with E-state index in [1.807, 2.05) is 0 Å². The summed E-state index contributed by atoms with van der Waals surface area (Å²) < 4.78 is 0. The monoisotopic (exact) mass is 197 g/mol. The van der Waals surface area contributed by atoms with Gasteiger partial charge in [0.15, 0.2) is 0 Å². The third kappa shape index (κ3) is 2.29. The first-order valence-corrected chi connectivity index (χ1v) is 6.28. The predicted molar refractivity (Wildman–Crippen MR) is 58.3 cm³/mol. The Kier molecular flexibility index (Phi) is 3.82. The molecule has 82 valence electrons. The number of hydrogen-bond donors (Lipinski definition) is 1. The number of likely N-dealkylation sites (tertiary alicyclic amines) is 1. The van der Waals surface area contributed by atoms with Crippen molar-refractivity contribution < 1.29 is 5.11 Å². The van der Waals surface area contributed by atoms with Crippen LogP contribution < -0.4 is 0 Å². The lowest BCUT2D eigenvalue weighted by molar-refractivity contribution is 0.0779. The van der Waals surface area contributed by atoms with Crippen LogP contribution in [0, 0.1) is 0 Å². The molecule has 2 aliphatic rings. The number of aliphatic hydroxyl groups excluding tert-OH is 1. The summed E-state index contributed by atoms with van der Waals surface area (Å²) in [6.45, 7) is 1.66. The average Bonchev–Trinajstić information content (AvgIpc) is 2.72. The molecule has 2 fully saturated rings. The van der Waals surface area contributed by atoms with Gasteiger partial charge in [-0.1, -0.05) is 19.3 Å². The largest absolute Gasteiger partial charge is 0.396 e. The normalized spacial score (nSPS) is 31.1. The Bertz CT molecular complexity index is 164. The second-order valence-electron chi connectivity index (χ2n) is 4.84. The molecule has 2 rings (SSSR count). The van der Waals surface area contributed by atoms with E-state index < -0.39 is 0 Å². The van der Waals surface area contributed by atoms with Gasteiger partial charge in [0, 0.05) is 18.7 Å². The fourth-order valence-corrected chi connectivity index (χ4v) is 3.20. The molecule has 1 atom stereocenters. The fraction of sp³-hybridized carbons (Fsp3) is 1.00. The molecule has 2 nitrogen and oxygen atoms in total. The average molecular weight is 197 g/mol. The summed E-state index contributed by atoms with van der Waals surface area (Å²) in [5.41, 5.74) is 0. The number of hydrogen-bond acceptors (Lipinski definition) is 2. The van der Waals surface area contributed by atoms with Gasteiger partial charge in [0.1, 0.15) is 0 Å². The Morgan fingerprint density at radius 3 is 2.43 bits per heavy atom. The molecule has 2 heteroatoms. The van der Waals surface area contributed by atoms with Gasteiger partial charge in [0.25, 0.3) is 0 Å². The van der Waals surface area contributed by atoms with Crippen LogP contribution in [0.1, 0.15) is 51.4 Å². The molecule has 1 N–H and O–H groups in total. The molecule has 0 spiro atoms. The molecule has 1 aliphatic carbocycles. The zero-order valence-corrected chi connectivity index (χ0v) is 9.12. The Hall–Kier alpha value is -0.0800. The highest BCUT2D eigenvalue weighted by Crippen LogP contribution is 2.30. The second kappa shape index (κ2) is 5.13. The molecule has 0 bridgehead atoms. The van der Waals surface area contributed by atoms with Crippen LogP contribution in [-0.4, -0.2) is 35.2 Å². The van der Waals surface area contributed by atoms with E-state index in [9.17, 15) is 0 Å². The van der Waals surface area contributed by atoms with Crippen LogP contribution in [0.5, 0.6) is 0 Å². The van der Waals surface area contributed by atoms with Gasteiger partial charge in [0.2, 0.25) is 0 Å². The lowest BCUT2D eigenvalue weighted by atomic mass is 9.97. The first kappa shape index (κ1) is 10.4.